The van der Waals surface area contributed by atoms with Crippen LogP contribution in [0.3, 0.4) is 0 Å². The lowest BCUT2D eigenvalue weighted by Gasteiger charge is -2.26. The topological polar surface area (TPSA) is 130 Å². The smallest absolute Gasteiger partial charge is 0.298 e. The van der Waals surface area contributed by atoms with E-state index in [9.17, 15) is 18.0 Å². The predicted molar refractivity (Wildman–Crippen MR) is 149 cm³/mol. The summed E-state index contributed by atoms with van der Waals surface area (Å²) in [6, 6.07) is 12.8. The normalized spacial score (nSPS) is 16.1. The molecule has 1 fully saturated rings. The SMILES string of the molecule is COc1ccc(N=NC(=O)c2c(NC(=O)c3cccc(S(=O)(=O)N4CCNCC4)c3)sc3c2CCCC3)cc1. The van der Waals surface area contributed by atoms with Crippen LogP contribution in [0.2, 0.25) is 0 Å². The molecule has 2 aliphatic rings. The molecule has 204 valence electrons. The largest absolute Gasteiger partial charge is 0.497 e. The second kappa shape index (κ2) is 11.7. The zero-order chi connectivity index (χ0) is 27.4. The van der Waals surface area contributed by atoms with Crippen LogP contribution in [0, 0.1) is 0 Å². The van der Waals surface area contributed by atoms with Crippen molar-refractivity contribution in [2.45, 2.75) is 30.6 Å². The van der Waals surface area contributed by atoms with Crippen LogP contribution in [-0.4, -0.2) is 57.8 Å². The summed E-state index contributed by atoms with van der Waals surface area (Å²) in [5.74, 6) is -0.357. The van der Waals surface area contributed by atoms with Gasteiger partial charge in [0.05, 0.1) is 23.3 Å². The highest BCUT2D eigenvalue weighted by Gasteiger charge is 2.29. The second-order valence-electron chi connectivity index (χ2n) is 9.25. The number of benzene rings is 2. The molecule has 0 saturated carbocycles. The number of piperazine rings is 1. The lowest BCUT2D eigenvalue weighted by molar-refractivity contribution is 0.0995. The van der Waals surface area contributed by atoms with Gasteiger partial charge in [-0.2, -0.15) is 4.31 Å². The van der Waals surface area contributed by atoms with E-state index in [1.165, 1.54) is 27.8 Å². The third-order valence-electron chi connectivity index (χ3n) is 6.75. The number of thiophene rings is 1. The Balaban J connectivity index is 1.40. The zero-order valence-electron chi connectivity index (χ0n) is 21.5. The number of anilines is 1. The molecule has 0 unspecified atom stereocenters. The predicted octanol–water partition coefficient (Wildman–Crippen LogP) is 4.41. The third-order valence-corrected chi connectivity index (χ3v) is 9.85. The van der Waals surface area contributed by atoms with E-state index in [0.717, 1.165) is 36.1 Å². The third kappa shape index (κ3) is 5.93. The number of rotatable bonds is 7. The molecule has 5 rings (SSSR count). The molecular formula is C27H29N5O5S2. The molecule has 1 aliphatic carbocycles. The fourth-order valence-corrected chi connectivity index (χ4v) is 7.45. The average molecular weight is 568 g/mol. The van der Waals surface area contributed by atoms with Crippen molar-refractivity contribution in [1.82, 2.24) is 9.62 Å². The zero-order valence-corrected chi connectivity index (χ0v) is 23.1. The molecule has 2 amide bonds. The van der Waals surface area contributed by atoms with Gasteiger partial charge in [0.25, 0.3) is 11.8 Å². The number of hydrogen-bond acceptors (Lipinski definition) is 8. The summed E-state index contributed by atoms with van der Waals surface area (Å²) in [5, 5.41) is 14.4. The summed E-state index contributed by atoms with van der Waals surface area (Å²) in [6.07, 6.45) is 3.50. The minimum Gasteiger partial charge on any atom is -0.497 e. The van der Waals surface area contributed by atoms with Crippen molar-refractivity contribution in [2.24, 2.45) is 10.2 Å². The van der Waals surface area contributed by atoms with E-state index < -0.39 is 21.8 Å². The van der Waals surface area contributed by atoms with E-state index in [1.807, 2.05) is 0 Å². The van der Waals surface area contributed by atoms with Gasteiger partial charge in [-0.1, -0.05) is 6.07 Å². The molecule has 0 radical (unpaired) electrons. The van der Waals surface area contributed by atoms with E-state index in [-0.39, 0.29) is 10.5 Å². The summed E-state index contributed by atoms with van der Waals surface area (Å²) < 4.78 is 32.8. The number of sulfonamides is 1. The number of amides is 2. The van der Waals surface area contributed by atoms with Crippen LogP contribution in [0.15, 0.2) is 63.7 Å². The minimum absolute atomic E-state index is 0.0621. The van der Waals surface area contributed by atoms with Crippen molar-refractivity contribution >= 4 is 43.9 Å². The van der Waals surface area contributed by atoms with Gasteiger partial charge in [0, 0.05) is 36.6 Å². The molecule has 10 nitrogen and oxygen atoms in total. The number of aryl methyl sites for hydroxylation is 1. The quantitative estimate of drug-likeness (QED) is 0.407. The van der Waals surface area contributed by atoms with Crippen LogP contribution in [0.5, 0.6) is 5.75 Å². The molecule has 0 spiro atoms. The Morgan fingerprint density at radius 3 is 2.54 bits per heavy atom. The highest BCUT2D eigenvalue weighted by molar-refractivity contribution is 7.89. The summed E-state index contributed by atoms with van der Waals surface area (Å²) >= 11 is 1.37. The fourth-order valence-electron chi connectivity index (χ4n) is 4.69. The van der Waals surface area contributed by atoms with Crippen molar-refractivity contribution in [3.63, 3.8) is 0 Å². The van der Waals surface area contributed by atoms with Gasteiger partial charge >= 0.3 is 0 Å². The number of carbonyl (C=O) groups is 2. The van der Waals surface area contributed by atoms with Gasteiger partial charge < -0.3 is 15.4 Å². The average Bonchev–Trinajstić information content (AvgIpc) is 3.34. The van der Waals surface area contributed by atoms with Crippen LogP contribution in [-0.2, 0) is 22.9 Å². The Morgan fingerprint density at radius 1 is 1.05 bits per heavy atom. The standard InChI is InChI=1S/C27H29N5O5S2/c1-37-20-11-9-19(10-12-20)30-31-26(34)24-22-7-2-3-8-23(22)38-27(24)29-25(33)18-5-4-6-21(17-18)39(35,36)32-15-13-28-14-16-32/h4-6,9-12,17,28H,2-3,7-8,13-16H2,1H3,(H,29,33). The lowest BCUT2D eigenvalue weighted by atomic mass is 9.95. The number of fused-ring (bicyclic) bond motifs is 1. The Bertz CT molecular complexity index is 1510. The first-order chi connectivity index (χ1) is 18.9. The molecule has 0 bridgehead atoms. The number of azo groups is 1. The monoisotopic (exact) mass is 567 g/mol. The molecule has 2 N–H and O–H groups in total. The van der Waals surface area contributed by atoms with E-state index in [0.29, 0.717) is 48.2 Å². The van der Waals surface area contributed by atoms with Gasteiger partial charge in [-0.05, 0) is 73.7 Å². The van der Waals surface area contributed by atoms with E-state index >= 15 is 0 Å². The van der Waals surface area contributed by atoms with Gasteiger partial charge in [0.1, 0.15) is 10.8 Å². The number of carbonyl (C=O) groups excluding carboxylic acids is 2. The Kier molecular flexibility index (Phi) is 8.17. The number of hydrogen-bond donors (Lipinski definition) is 2. The van der Waals surface area contributed by atoms with E-state index in [1.54, 1.807) is 43.5 Å². The summed E-state index contributed by atoms with van der Waals surface area (Å²) in [7, 11) is -2.16. The van der Waals surface area contributed by atoms with Gasteiger partial charge in [0.15, 0.2) is 0 Å². The van der Waals surface area contributed by atoms with E-state index in [2.05, 4.69) is 20.9 Å². The molecule has 1 saturated heterocycles. The number of methoxy groups -OCH3 is 1. The number of nitrogens with one attached hydrogen (secondary N) is 2. The molecule has 1 aromatic heterocycles. The van der Waals surface area contributed by atoms with Crippen LogP contribution in [0.4, 0.5) is 10.7 Å². The maximum atomic E-state index is 13.3. The first-order valence-corrected chi connectivity index (χ1v) is 15.0. The Hall–Kier alpha value is -3.45. The second-order valence-corrected chi connectivity index (χ2v) is 12.3. The molecule has 1 aliphatic heterocycles. The van der Waals surface area contributed by atoms with Gasteiger partial charge in [-0.3, -0.25) is 9.59 Å². The van der Waals surface area contributed by atoms with Crippen molar-refractivity contribution in [2.75, 3.05) is 38.6 Å². The van der Waals surface area contributed by atoms with E-state index in [4.69, 9.17) is 4.74 Å². The van der Waals surface area contributed by atoms with Gasteiger partial charge in [-0.25, -0.2) is 8.42 Å². The molecule has 2 aromatic carbocycles. The molecule has 39 heavy (non-hydrogen) atoms. The highest BCUT2D eigenvalue weighted by atomic mass is 32.2. The molecular weight excluding hydrogens is 538 g/mol. The summed E-state index contributed by atoms with van der Waals surface area (Å²) in [5.41, 5.74) is 1.94. The van der Waals surface area contributed by atoms with Crippen LogP contribution in [0.1, 0.15) is 44.0 Å². The summed E-state index contributed by atoms with van der Waals surface area (Å²) in [4.78, 5) is 27.7. The van der Waals surface area contributed by atoms with Crippen molar-refractivity contribution in [3.05, 3.63) is 70.1 Å². The maximum absolute atomic E-state index is 13.3. The first kappa shape index (κ1) is 27.1. The molecule has 3 aromatic rings. The number of nitrogens with zero attached hydrogens (tertiary/aromatic N) is 3. The lowest BCUT2D eigenvalue weighted by Crippen LogP contribution is -2.46. The Labute approximate surface area is 231 Å². The van der Waals surface area contributed by atoms with Crippen LogP contribution < -0.4 is 15.4 Å². The fraction of sp³-hybridized carbons (Fsp3) is 0.333. The number of ether oxygens (including phenoxy) is 1. The maximum Gasteiger partial charge on any atom is 0.298 e. The van der Waals surface area contributed by atoms with Crippen molar-refractivity contribution in [1.29, 1.82) is 0 Å². The molecule has 0 atom stereocenters. The van der Waals surface area contributed by atoms with Crippen molar-refractivity contribution in [3.8, 4) is 5.75 Å². The Morgan fingerprint density at radius 2 is 1.79 bits per heavy atom. The molecule has 12 heteroatoms. The first-order valence-electron chi connectivity index (χ1n) is 12.7. The summed E-state index contributed by atoms with van der Waals surface area (Å²) in [6.45, 7) is 1.90. The van der Waals surface area contributed by atoms with Gasteiger partial charge in [0.2, 0.25) is 10.0 Å². The van der Waals surface area contributed by atoms with Crippen LogP contribution >= 0.6 is 11.3 Å². The van der Waals surface area contributed by atoms with Gasteiger partial charge in [-0.15, -0.1) is 21.6 Å². The minimum atomic E-state index is -3.73. The molecule has 2 heterocycles. The highest BCUT2D eigenvalue weighted by Crippen LogP contribution is 2.39. The van der Waals surface area contributed by atoms with Crippen LogP contribution in [0.25, 0.3) is 0 Å². The van der Waals surface area contributed by atoms with Crippen molar-refractivity contribution < 1.29 is 22.7 Å².